The zero-order chi connectivity index (χ0) is 19.0. The van der Waals surface area contributed by atoms with Gasteiger partial charge in [-0.2, -0.15) is 0 Å². The Morgan fingerprint density at radius 2 is 1.67 bits per heavy atom. The number of hydrogen-bond acceptors (Lipinski definition) is 7. The summed E-state index contributed by atoms with van der Waals surface area (Å²) < 4.78 is 5.86. The second-order valence-corrected chi connectivity index (χ2v) is 7.33. The van der Waals surface area contributed by atoms with E-state index in [4.69, 9.17) is 4.74 Å². The molecule has 7 nitrogen and oxygen atoms in total. The highest BCUT2D eigenvalue weighted by atomic mass is 16.5. The van der Waals surface area contributed by atoms with E-state index in [1.54, 1.807) is 0 Å². The van der Waals surface area contributed by atoms with Gasteiger partial charge in [0.05, 0.1) is 17.2 Å². The molecular weight excluding hydrogens is 352 g/mol. The lowest BCUT2D eigenvalue weighted by atomic mass is 9.77. The highest BCUT2D eigenvalue weighted by Gasteiger charge is 2.45. The lowest BCUT2D eigenvalue weighted by Crippen LogP contribution is -2.30. The molecule has 138 valence electrons. The van der Waals surface area contributed by atoms with Crippen molar-refractivity contribution in [3.63, 3.8) is 0 Å². The van der Waals surface area contributed by atoms with E-state index in [1.807, 2.05) is 0 Å². The highest BCUT2D eigenvalue weighted by Crippen LogP contribution is 2.53. The van der Waals surface area contributed by atoms with Crippen molar-refractivity contribution in [2.45, 2.75) is 37.4 Å². The van der Waals surface area contributed by atoms with Crippen LogP contribution in [0.3, 0.4) is 0 Å². The third kappa shape index (κ3) is 2.06. The van der Waals surface area contributed by atoms with E-state index < -0.39 is 23.4 Å². The van der Waals surface area contributed by atoms with Gasteiger partial charge in [-0.25, -0.2) is 0 Å². The second kappa shape index (κ2) is 5.23. The van der Waals surface area contributed by atoms with Gasteiger partial charge in [0.15, 0.2) is 5.78 Å². The van der Waals surface area contributed by atoms with Crippen molar-refractivity contribution in [1.82, 2.24) is 0 Å². The third-order valence-corrected chi connectivity index (χ3v) is 5.76. The fourth-order valence-corrected chi connectivity index (χ4v) is 4.56. The number of ether oxygens (including phenoxy) is 1. The Morgan fingerprint density at radius 3 is 2.44 bits per heavy atom. The van der Waals surface area contributed by atoms with E-state index >= 15 is 0 Å². The maximum atomic E-state index is 13.0. The number of phenols is 3. The van der Waals surface area contributed by atoms with Crippen LogP contribution < -0.4 is 4.74 Å². The summed E-state index contributed by atoms with van der Waals surface area (Å²) in [5.74, 6) is -2.22. The molecule has 0 aromatic heterocycles. The van der Waals surface area contributed by atoms with Crippen LogP contribution in [0.2, 0.25) is 0 Å². The van der Waals surface area contributed by atoms with Gasteiger partial charge in [0.1, 0.15) is 29.1 Å². The maximum absolute atomic E-state index is 13.0. The SMILES string of the molecule is O=C1c2cc(O)cc(O)c2C(=O)c2c1cc1c(c2O)[C@H]2CC[C@H](O)C[C@H]2O1. The largest absolute Gasteiger partial charge is 0.508 e. The van der Waals surface area contributed by atoms with Crippen molar-refractivity contribution >= 4 is 11.6 Å². The summed E-state index contributed by atoms with van der Waals surface area (Å²) in [5.41, 5.74) is -0.0330. The summed E-state index contributed by atoms with van der Waals surface area (Å²) in [7, 11) is 0. The number of hydrogen-bond donors (Lipinski definition) is 4. The van der Waals surface area contributed by atoms with E-state index in [0.29, 0.717) is 30.6 Å². The molecule has 1 heterocycles. The molecule has 2 aromatic carbocycles. The van der Waals surface area contributed by atoms with Gasteiger partial charge in [-0.05, 0) is 25.0 Å². The van der Waals surface area contributed by atoms with Crippen LogP contribution in [0.1, 0.15) is 62.6 Å². The van der Waals surface area contributed by atoms with Crippen LogP contribution in [-0.4, -0.2) is 44.2 Å². The van der Waals surface area contributed by atoms with Gasteiger partial charge in [-0.15, -0.1) is 0 Å². The summed E-state index contributed by atoms with van der Waals surface area (Å²) in [5, 5.41) is 40.5. The lowest BCUT2D eigenvalue weighted by Gasteiger charge is -2.28. The first-order valence-electron chi connectivity index (χ1n) is 8.76. The van der Waals surface area contributed by atoms with Crippen LogP contribution in [0.5, 0.6) is 23.0 Å². The maximum Gasteiger partial charge on any atom is 0.201 e. The molecule has 1 fully saturated rings. The fourth-order valence-electron chi connectivity index (χ4n) is 4.56. The van der Waals surface area contributed by atoms with E-state index in [-0.39, 0.29) is 45.8 Å². The number of aromatic hydroxyl groups is 3. The molecule has 5 rings (SSSR count). The smallest absolute Gasteiger partial charge is 0.201 e. The van der Waals surface area contributed by atoms with Crippen molar-refractivity contribution in [2.75, 3.05) is 0 Å². The summed E-state index contributed by atoms with van der Waals surface area (Å²) in [6.45, 7) is 0. The number of benzene rings is 2. The number of rotatable bonds is 0. The Labute approximate surface area is 153 Å². The molecule has 4 N–H and O–H groups in total. The van der Waals surface area contributed by atoms with Crippen molar-refractivity contribution < 1.29 is 34.8 Å². The molecule has 1 saturated carbocycles. The van der Waals surface area contributed by atoms with Gasteiger partial charge in [-0.1, -0.05) is 0 Å². The van der Waals surface area contributed by atoms with E-state index in [9.17, 15) is 30.0 Å². The number of carbonyl (C=O) groups is 2. The second-order valence-electron chi connectivity index (χ2n) is 7.33. The molecule has 2 aliphatic carbocycles. The number of carbonyl (C=O) groups excluding carboxylic acids is 2. The first-order valence-corrected chi connectivity index (χ1v) is 8.76. The predicted molar refractivity (Wildman–Crippen MR) is 91.8 cm³/mol. The van der Waals surface area contributed by atoms with Crippen molar-refractivity contribution in [1.29, 1.82) is 0 Å². The van der Waals surface area contributed by atoms with Crippen LogP contribution in [0.15, 0.2) is 18.2 Å². The minimum atomic E-state index is -0.670. The molecule has 0 saturated heterocycles. The third-order valence-electron chi connectivity index (χ3n) is 5.76. The molecule has 0 bridgehead atoms. The molecule has 0 spiro atoms. The van der Waals surface area contributed by atoms with Crippen LogP contribution in [0.4, 0.5) is 0 Å². The molecule has 3 atom stereocenters. The number of fused-ring (bicyclic) bond motifs is 5. The molecule has 1 aliphatic heterocycles. The van der Waals surface area contributed by atoms with Gasteiger partial charge >= 0.3 is 0 Å². The number of aliphatic hydroxyl groups excluding tert-OH is 1. The molecule has 7 heteroatoms. The Kier molecular flexibility index (Phi) is 3.13. The number of phenolic OH excluding ortho intramolecular Hbond substituents is 3. The quantitative estimate of drug-likeness (QED) is 0.478. The summed E-state index contributed by atoms with van der Waals surface area (Å²) in [4.78, 5) is 25.9. The topological polar surface area (TPSA) is 124 Å². The van der Waals surface area contributed by atoms with Crippen molar-refractivity contribution in [3.8, 4) is 23.0 Å². The number of aliphatic hydroxyl groups is 1. The van der Waals surface area contributed by atoms with E-state index in [1.165, 1.54) is 6.07 Å². The fraction of sp³-hybridized carbons (Fsp3) is 0.300. The molecule has 27 heavy (non-hydrogen) atoms. The zero-order valence-corrected chi connectivity index (χ0v) is 14.1. The average Bonchev–Trinajstić information content (AvgIpc) is 2.96. The van der Waals surface area contributed by atoms with Crippen molar-refractivity contribution in [2.24, 2.45) is 0 Å². The average molecular weight is 368 g/mol. The first-order chi connectivity index (χ1) is 12.9. The minimum absolute atomic E-state index is 0.0204. The molecule has 3 aliphatic rings. The van der Waals surface area contributed by atoms with Crippen LogP contribution >= 0.6 is 0 Å². The van der Waals surface area contributed by atoms with Crippen LogP contribution in [0.25, 0.3) is 0 Å². The van der Waals surface area contributed by atoms with Crippen LogP contribution in [0, 0.1) is 0 Å². The zero-order valence-electron chi connectivity index (χ0n) is 14.1. The van der Waals surface area contributed by atoms with Gasteiger partial charge in [0.25, 0.3) is 0 Å². The number of ketones is 2. The monoisotopic (exact) mass is 368 g/mol. The van der Waals surface area contributed by atoms with Gasteiger partial charge in [0, 0.05) is 35.1 Å². The Hall–Kier alpha value is -3.06. The Balaban J connectivity index is 1.72. The standard InChI is InChI=1S/C20H16O7/c21-7-1-2-9-13(5-7)27-14-6-11-17(20(26)16(9)14)19(25)15-10(18(11)24)3-8(22)4-12(15)23/h3-4,6-7,9,13,21-23,26H,1-2,5H2/t7-,9-,13+/m0/s1. The van der Waals surface area contributed by atoms with E-state index in [0.717, 1.165) is 12.1 Å². The Bertz CT molecular complexity index is 1040. The van der Waals surface area contributed by atoms with Crippen molar-refractivity contribution in [3.05, 3.63) is 46.0 Å². The molecular formula is C20H16O7. The molecule has 2 aromatic rings. The van der Waals surface area contributed by atoms with Gasteiger partial charge < -0.3 is 25.2 Å². The summed E-state index contributed by atoms with van der Waals surface area (Å²) in [6.07, 6.45) is 0.785. The molecule has 0 unspecified atom stereocenters. The van der Waals surface area contributed by atoms with E-state index in [2.05, 4.69) is 0 Å². The Morgan fingerprint density at radius 1 is 0.926 bits per heavy atom. The summed E-state index contributed by atoms with van der Waals surface area (Å²) in [6, 6.07) is 3.56. The normalized spacial score (nSPS) is 25.3. The molecule has 0 amide bonds. The summed E-state index contributed by atoms with van der Waals surface area (Å²) >= 11 is 0. The minimum Gasteiger partial charge on any atom is -0.508 e. The lowest BCUT2D eigenvalue weighted by molar-refractivity contribution is 0.0548. The predicted octanol–water partition coefficient (Wildman–Crippen LogP) is 1.97. The highest BCUT2D eigenvalue weighted by molar-refractivity contribution is 6.30. The first kappa shape index (κ1) is 16.1. The van der Waals surface area contributed by atoms with Gasteiger partial charge in [0.2, 0.25) is 5.78 Å². The molecule has 0 radical (unpaired) electrons. The van der Waals surface area contributed by atoms with Crippen LogP contribution in [-0.2, 0) is 0 Å². The van der Waals surface area contributed by atoms with Gasteiger partial charge in [-0.3, -0.25) is 9.59 Å².